The minimum absolute atomic E-state index is 0.264. The second-order valence-electron chi connectivity index (χ2n) is 5.56. The Morgan fingerprint density at radius 3 is 2.23 bits per heavy atom. The Morgan fingerprint density at radius 1 is 1.04 bits per heavy atom. The van der Waals surface area contributed by atoms with E-state index in [4.69, 9.17) is 11.6 Å². The topological polar surface area (TPSA) is 95.6 Å². The van der Waals surface area contributed by atoms with E-state index in [0.29, 0.717) is 16.4 Å². The van der Waals surface area contributed by atoms with Gasteiger partial charge in [0.15, 0.2) is 0 Å². The summed E-state index contributed by atoms with van der Waals surface area (Å²) in [5, 5.41) is 5.63. The van der Waals surface area contributed by atoms with Gasteiger partial charge < -0.3 is 10.6 Å². The van der Waals surface area contributed by atoms with E-state index in [0.717, 1.165) is 10.6 Å². The molecule has 9 heteroatoms. The highest BCUT2D eigenvalue weighted by Crippen LogP contribution is 2.22. The number of carbonyl (C=O) groups excluding carboxylic acids is 2. The molecule has 138 valence electrons. The predicted molar refractivity (Wildman–Crippen MR) is 103 cm³/mol. The highest BCUT2D eigenvalue weighted by atomic mass is 35.5. The highest BCUT2D eigenvalue weighted by molar-refractivity contribution is 7.92. The van der Waals surface area contributed by atoms with E-state index in [1.807, 2.05) is 0 Å². The summed E-state index contributed by atoms with van der Waals surface area (Å²) < 4.78 is 25.2. The molecular weight excluding hydrogens is 378 g/mol. The lowest BCUT2D eigenvalue weighted by atomic mass is 10.2. The zero-order valence-corrected chi connectivity index (χ0v) is 15.8. The fourth-order valence-electron chi connectivity index (χ4n) is 2.24. The third kappa shape index (κ3) is 5.75. The highest BCUT2D eigenvalue weighted by Gasteiger charge is 2.21. The number of nitrogens with zero attached hydrogens (tertiary/aromatic N) is 1. The molecule has 0 spiro atoms. The number of anilines is 3. The fraction of sp³-hybridized carbons (Fsp3) is 0.176. The van der Waals surface area contributed by atoms with Crippen molar-refractivity contribution in [3.63, 3.8) is 0 Å². The van der Waals surface area contributed by atoms with Gasteiger partial charge in [0, 0.05) is 23.3 Å². The minimum atomic E-state index is -3.72. The molecule has 2 amide bonds. The monoisotopic (exact) mass is 395 g/mol. The Bertz CT molecular complexity index is 931. The van der Waals surface area contributed by atoms with Crippen LogP contribution in [-0.2, 0) is 19.6 Å². The SMILES string of the molecule is CC(=O)Nc1cccc(N(CC(=O)Nc2cccc(Cl)c2)S(C)(=O)=O)c1. The van der Waals surface area contributed by atoms with E-state index in [2.05, 4.69) is 10.6 Å². The largest absolute Gasteiger partial charge is 0.326 e. The van der Waals surface area contributed by atoms with Crippen LogP contribution >= 0.6 is 11.6 Å². The lowest BCUT2D eigenvalue weighted by molar-refractivity contribution is -0.115. The van der Waals surface area contributed by atoms with Crippen molar-refractivity contribution in [2.24, 2.45) is 0 Å². The summed E-state index contributed by atoms with van der Waals surface area (Å²) in [5.74, 6) is -0.811. The summed E-state index contributed by atoms with van der Waals surface area (Å²) in [6, 6.07) is 12.8. The number of carbonyl (C=O) groups is 2. The van der Waals surface area contributed by atoms with Gasteiger partial charge in [0.25, 0.3) is 0 Å². The molecule has 0 unspecified atom stereocenters. The van der Waals surface area contributed by atoms with E-state index >= 15 is 0 Å². The third-order valence-electron chi connectivity index (χ3n) is 3.25. The molecular formula is C17H18ClN3O4S. The fourth-order valence-corrected chi connectivity index (χ4v) is 3.28. The van der Waals surface area contributed by atoms with Crippen LogP contribution in [0.25, 0.3) is 0 Å². The van der Waals surface area contributed by atoms with Crippen LogP contribution in [0.1, 0.15) is 6.92 Å². The first-order valence-electron chi connectivity index (χ1n) is 7.56. The zero-order chi connectivity index (χ0) is 19.3. The molecule has 0 atom stereocenters. The number of benzene rings is 2. The summed E-state index contributed by atoms with van der Waals surface area (Å²) in [6.45, 7) is 0.925. The van der Waals surface area contributed by atoms with Crippen molar-refractivity contribution in [2.75, 3.05) is 27.7 Å². The predicted octanol–water partition coefficient (Wildman–Crippen LogP) is 2.70. The maximum Gasteiger partial charge on any atom is 0.245 e. The molecule has 0 saturated carbocycles. The van der Waals surface area contributed by atoms with E-state index < -0.39 is 22.5 Å². The first kappa shape index (κ1) is 19.7. The molecule has 7 nitrogen and oxygen atoms in total. The van der Waals surface area contributed by atoms with Gasteiger partial charge in [-0.3, -0.25) is 13.9 Å². The zero-order valence-electron chi connectivity index (χ0n) is 14.2. The number of halogens is 1. The molecule has 0 aliphatic rings. The third-order valence-corrected chi connectivity index (χ3v) is 4.63. The summed E-state index contributed by atoms with van der Waals surface area (Å²) >= 11 is 5.87. The van der Waals surface area contributed by atoms with E-state index in [1.54, 1.807) is 42.5 Å². The Morgan fingerprint density at radius 2 is 1.65 bits per heavy atom. The second-order valence-corrected chi connectivity index (χ2v) is 7.90. The first-order valence-corrected chi connectivity index (χ1v) is 9.78. The van der Waals surface area contributed by atoms with Crippen molar-refractivity contribution in [3.05, 3.63) is 53.6 Å². The van der Waals surface area contributed by atoms with Crippen molar-refractivity contribution in [2.45, 2.75) is 6.92 Å². The van der Waals surface area contributed by atoms with Crippen LogP contribution in [0.4, 0.5) is 17.1 Å². The van der Waals surface area contributed by atoms with E-state index in [9.17, 15) is 18.0 Å². The van der Waals surface area contributed by atoms with Crippen LogP contribution in [0, 0.1) is 0 Å². The Labute approximate surface area is 157 Å². The minimum Gasteiger partial charge on any atom is -0.326 e. The quantitative estimate of drug-likeness (QED) is 0.786. The Kier molecular flexibility index (Phi) is 6.23. The average Bonchev–Trinajstić information content (AvgIpc) is 2.51. The molecule has 2 N–H and O–H groups in total. The lowest BCUT2D eigenvalue weighted by Crippen LogP contribution is -2.37. The Balaban J connectivity index is 2.23. The number of hydrogen-bond acceptors (Lipinski definition) is 4. The van der Waals surface area contributed by atoms with Gasteiger partial charge in [-0.15, -0.1) is 0 Å². The lowest BCUT2D eigenvalue weighted by Gasteiger charge is -2.22. The standard InChI is InChI=1S/C17H18ClN3O4S/c1-12(22)19-15-7-4-8-16(10-15)21(26(2,24)25)11-17(23)20-14-6-3-5-13(18)9-14/h3-10H,11H2,1-2H3,(H,19,22)(H,20,23). The molecule has 0 radical (unpaired) electrons. The molecule has 26 heavy (non-hydrogen) atoms. The van der Waals surface area contributed by atoms with Crippen LogP contribution in [0.3, 0.4) is 0 Å². The van der Waals surface area contributed by atoms with Crippen LogP contribution in [0.15, 0.2) is 48.5 Å². The number of amides is 2. The summed E-state index contributed by atoms with van der Waals surface area (Å²) in [7, 11) is -3.72. The Hall–Kier alpha value is -2.58. The van der Waals surface area contributed by atoms with Crippen molar-refractivity contribution < 1.29 is 18.0 Å². The van der Waals surface area contributed by atoms with Crippen LogP contribution in [0.5, 0.6) is 0 Å². The summed E-state index contributed by atoms with van der Waals surface area (Å²) in [4.78, 5) is 23.5. The van der Waals surface area contributed by atoms with Crippen LogP contribution in [-0.4, -0.2) is 33.0 Å². The van der Waals surface area contributed by atoms with E-state index in [1.165, 1.54) is 13.0 Å². The molecule has 0 aliphatic carbocycles. The molecule has 2 rings (SSSR count). The maximum atomic E-state index is 12.3. The molecule has 0 aliphatic heterocycles. The van der Waals surface area contributed by atoms with Crippen molar-refractivity contribution in [1.82, 2.24) is 0 Å². The molecule has 0 fully saturated rings. The van der Waals surface area contributed by atoms with Crippen molar-refractivity contribution >= 4 is 50.5 Å². The van der Waals surface area contributed by atoms with Crippen LogP contribution in [0.2, 0.25) is 5.02 Å². The molecule has 2 aromatic rings. The van der Waals surface area contributed by atoms with Gasteiger partial charge in [-0.1, -0.05) is 23.7 Å². The van der Waals surface area contributed by atoms with Gasteiger partial charge in [-0.05, 0) is 36.4 Å². The molecule has 0 heterocycles. The van der Waals surface area contributed by atoms with Gasteiger partial charge in [-0.25, -0.2) is 8.42 Å². The normalized spacial score (nSPS) is 10.9. The smallest absolute Gasteiger partial charge is 0.245 e. The van der Waals surface area contributed by atoms with Crippen LogP contribution < -0.4 is 14.9 Å². The van der Waals surface area contributed by atoms with Gasteiger partial charge >= 0.3 is 0 Å². The average molecular weight is 396 g/mol. The molecule has 0 aromatic heterocycles. The second kappa shape index (κ2) is 8.20. The molecule has 0 saturated heterocycles. The van der Waals surface area contributed by atoms with Crippen molar-refractivity contribution in [3.8, 4) is 0 Å². The van der Waals surface area contributed by atoms with Gasteiger partial charge in [0.1, 0.15) is 6.54 Å². The van der Waals surface area contributed by atoms with E-state index in [-0.39, 0.29) is 11.6 Å². The number of hydrogen-bond donors (Lipinski definition) is 2. The summed E-state index contributed by atoms with van der Waals surface area (Å²) in [5.41, 5.74) is 1.15. The number of rotatable bonds is 6. The van der Waals surface area contributed by atoms with Crippen molar-refractivity contribution in [1.29, 1.82) is 0 Å². The molecule has 0 bridgehead atoms. The number of nitrogens with one attached hydrogen (secondary N) is 2. The first-order chi connectivity index (χ1) is 12.1. The molecule has 2 aromatic carbocycles. The van der Waals surface area contributed by atoms with Gasteiger partial charge in [-0.2, -0.15) is 0 Å². The van der Waals surface area contributed by atoms with Gasteiger partial charge in [0.2, 0.25) is 21.8 Å². The number of sulfonamides is 1. The summed E-state index contributed by atoms with van der Waals surface area (Å²) in [6.07, 6.45) is 1.00. The maximum absolute atomic E-state index is 12.3. The van der Waals surface area contributed by atoms with Gasteiger partial charge in [0.05, 0.1) is 11.9 Å².